The molecule has 0 fully saturated rings. The second-order valence-corrected chi connectivity index (χ2v) is 4.51. The van der Waals surface area contributed by atoms with Gasteiger partial charge in [-0.2, -0.15) is 6.21 Å². The van der Waals surface area contributed by atoms with E-state index in [1.807, 2.05) is 0 Å². The SMILES string of the molecule is CC(C)(C)C/C(=C/C=[N-])Nc1[c-]ocn1.[Ni+2]. The van der Waals surface area contributed by atoms with Crippen molar-refractivity contribution in [1.29, 1.82) is 0 Å². The molecule has 0 radical (unpaired) electrons. The normalized spacial score (nSPS) is 11.8. The first-order valence-electron chi connectivity index (χ1n) is 4.76. The van der Waals surface area contributed by atoms with E-state index in [0.29, 0.717) is 5.82 Å². The van der Waals surface area contributed by atoms with Crippen molar-refractivity contribution in [2.75, 3.05) is 5.32 Å². The summed E-state index contributed by atoms with van der Waals surface area (Å²) in [5.74, 6) is 0.521. The van der Waals surface area contributed by atoms with Crippen molar-refractivity contribution >= 4 is 12.0 Å². The second kappa shape index (κ2) is 6.49. The zero-order chi connectivity index (χ0) is 11.3. The smallest absolute Gasteiger partial charge is 0.811 e. The Bertz CT molecular complexity index is 339. The molecule has 1 aromatic rings. The van der Waals surface area contributed by atoms with Gasteiger partial charge in [0.15, 0.2) is 0 Å². The largest absolute Gasteiger partial charge is 2.00 e. The molecular formula is C11H15N3NiO. The predicted octanol–water partition coefficient (Wildman–Crippen LogP) is 2.84. The van der Waals surface area contributed by atoms with Crippen LogP contribution in [0, 0.1) is 11.7 Å². The third kappa shape index (κ3) is 5.71. The summed E-state index contributed by atoms with van der Waals surface area (Å²) in [6.45, 7) is 6.35. The molecule has 0 saturated carbocycles. The topological polar surface area (TPSA) is 60.4 Å². The van der Waals surface area contributed by atoms with Crippen LogP contribution < -0.4 is 5.32 Å². The van der Waals surface area contributed by atoms with Crippen molar-refractivity contribution in [3.8, 4) is 0 Å². The summed E-state index contributed by atoms with van der Waals surface area (Å²) in [6, 6.07) is 0. The molecule has 0 amide bonds. The number of aromatic nitrogens is 1. The Morgan fingerprint density at radius 1 is 1.62 bits per heavy atom. The Hall–Kier alpha value is -1.09. The molecule has 0 bridgehead atoms. The number of rotatable bonds is 4. The Kier molecular flexibility index (Phi) is 6.05. The van der Waals surface area contributed by atoms with Crippen LogP contribution >= 0.6 is 0 Å². The number of hydrogen-bond acceptors (Lipinski definition) is 3. The first-order valence-corrected chi connectivity index (χ1v) is 4.76. The van der Waals surface area contributed by atoms with E-state index in [9.17, 15) is 0 Å². The molecule has 0 aliphatic heterocycles. The number of nitrogens with zero attached hydrogens (tertiary/aromatic N) is 2. The molecule has 1 heterocycles. The van der Waals surface area contributed by atoms with Gasteiger partial charge in [-0.15, -0.1) is 0 Å². The Balaban J connectivity index is 0.00000225. The van der Waals surface area contributed by atoms with Crippen LogP contribution in [0.3, 0.4) is 0 Å². The van der Waals surface area contributed by atoms with Crippen LogP contribution in [0.5, 0.6) is 0 Å². The van der Waals surface area contributed by atoms with Crippen LogP contribution in [0.25, 0.3) is 5.41 Å². The van der Waals surface area contributed by atoms with E-state index in [1.165, 1.54) is 6.39 Å². The molecule has 1 rings (SSSR count). The molecule has 0 aliphatic carbocycles. The van der Waals surface area contributed by atoms with Crippen molar-refractivity contribution in [3.63, 3.8) is 0 Å². The summed E-state index contributed by atoms with van der Waals surface area (Å²) in [7, 11) is 0. The average molecular weight is 264 g/mol. The molecule has 5 heteroatoms. The zero-order valence-electron chi connectivity index (χ0n) is 9.56. The zero-order valence-corrected chi connectivity index (χ0v) is 10.5. The van der Waals surface area contributed by atoms with Crippen LogP contribution in [-0.2, 0) is 16.5 Å². The number of nitrogens with one attached hydrogen (secondary N) is 1. The number of allylic oxidation sites excluding steroid dienone is 2. The minimum Gasteiger partial charge on any atom is -0.811 e. The minimum absolute atomic E-state index is 0. The fourth-order valence-corrected chi connectivity index (χ4v) is 1.20. The van der Waals surface area contributed by atoms with Crippen molar-refractivity contribution < 1.29 is 20.9 Å². The molecule has 90 valence electrons. The monoisotopic (exact) mass is 263 g/mol. The molecule has 0 unspecified atom stereocenters. The van der Waals surface area contributed by atoms with E-state index >= 15 is 0 Å². The van der Waals surface area contributed by atoms with E-state index < -0.39 is 0 Å². The molecule has 1 aromatic heterocycles. The standard InChI is InChI=1S/C11H15N3O.Ni/c1-11(2,3)6-9(4-5-12)14-10-7-15-8-13-10;/h4-5,8,14H,6H2,1-3H3;/q-2;+2/b9-4-;. The molecule has 0 aromatic carbocycles. The van der Waals surface area contributed by atoms with Gasteiger partial charge in [0.25, 0.3) is 0 Å². The van der Waals surface area contributed by atoms with Gasteiger partial charge in [0, 0.05) is 12.1 Å². The maximum absolute atomic E-state index is 8.77. The quantitative estimate of drug-likeness (QED) is 0.516. The molecule has 16 heavy (non-hydrogen) atoms. The van der Waals surface area contributed by atoms with Crippen LogP contribution in [0.2, 0.25) is 0 Å². The maximum atomic E-state index is 8.77. The molecule has 4 nitrogen and oxygen atoms in total. The summed E-state index contributed by atoms with van der Waals surface area (Å²) in [5.41, 5.74) is 1.00. The fraction of sp³-hybridized carbons (Fsp3) is 0.455. The summed E-state index contributed by atoms with van der Waals surface area (Å²) in [5, 5.41) is 11.8. The Labute approximate surface area is 106 Å². The summed E-state index contributed by atoms with van der Waals surface area (Å²) >= 11 is 0. The average Bonchev–Trinajstić information content (AvgIpc) is 2.54. The number of oxazole rings is 1. The molecule has 0 spiro atoms. The first kappa shape index (κ1) is 14.9. The van der Waals surface area contributed by atoms with Gasteiger partial charge in [0.1, 0.15) is 0 Å². The molecule has 0 aliphatic rings. The second-order valence-electron chi connectivity index (χ2n) is 4.51. The van der Waals surface area contributed by atoms with Gasteiger partial charge >= 0.3 is 16.5 Å². The van der Waals surface area contributed by atoms with Crippen LogP contribution in [-0.4, -0.2) is 11.2 Å². The van der Waals surface area contributed by atoms with Gasteiger partial charge in [-0.3, -0.25) is 0 Å². The summed E-state index contributed by atoms with van der Waals surface area (Å²) in [6.07, 6.45) is 7.29. The van der Waals surface area contributed by atoms with Crippen LogP contribution in [0.15, 0.2) is 22.6 Å². The van der Waals surface area contributed by atoms with Crippen molar-refractivity contribution in [3.05, 3.63) is 29.8 Å². The third-order valence-corrected chi connectivity index (χ3v) is 1.67. The first-order chi connectivity index (χ1) is 7.01. The number of hydrogen-bond donors (Lipinski definition) is 1. The van der Waals surface area contributed by atoms with Crippen molar-refractivity contribution in [1.82, 2.24) is 4.98 Å². The van der Waals surface area contributed by atoms with Gasteiger partial charge in [0.05, 0.1) is 5.82 Å². The van der Waals surface area contributed by atoms with Gasteiger partial charge in [-0.05, 0) is 18.1 Å². The molecule has 0 saturated heterocycles. The van der Waals surface area contributed by atoms with Gasteiger partial charge in [-0.25, -0.2) is 0 Å². The Morgan fingerprint density at radius 2 is 2.31 bits per heavy atom. The van der Waals surface area contributed by atoms with Gasteiger partial charge in [0.2, 0.25) is 0 Å². The van der Waals surface area contributed by atoms with Crippen molar-refractivity contribution in [2.45, 2.75) is 27.2 Å². The summed E-state index contributed by atoms with van der Waals surface area (Å²) in [4.78, 5) is 3.90. The molecular weight excluding hydrogens is 249 g/mol. The van der Waals surface area contributed by atoms with E-state index in [-0.39, 0.29) is 21.9 Å². The minimum atomic E-state index is 0. The van der Waals surface area contributed by atoms with Gasteiger partial charge in [-0.1, -0.05) is 26.8 Å². The Morgan fingerprint density at radius 3 is 2.75 bits per heavy atom. The van der Waals surface area contributed by atoms with E-state index in [1.54, 1.807) is 6.08 Å². The van der Waals surface area contributed by atoms with E-state index in [4.69, 9.17) is 9.83 Å². The van der Waals surface area contributed by atoms with Crippen LogP contribution in [0.4, 0.5) is 5.82 Å². The third-order valence-electron chi connectivity index (χ3n) is 1.67. The predicted molar refractivity (Wildman–Crippen MR) is 60.5 cm³/mol. The van der Waals surface area contributed by atoms with E-state index in [2.05, 4.69) is 37.3 Å². The van der Waals surface area contributed by atoms with Gasteiger partial charge < -0.3 is 20.1 Å². The van der Waals surface area contributed by atoms with Crippen molar-refractivity contribution in [2.24, 2.45) is 5.41 Å². The summed E-state index contributed by atoms with van der Waals surface area (Å²) < 4.78 is 4.73. The molecule has 1 N–H and O–H groups in total. The molecule has 0 atom stereocenters. The van der Waals surface area contributed by atoms with E-state index in [0.717, 1.165) is 18.3 Å². The number of anilines is 1. The fourth-order valence-electron chi connectivity index (χ4n) is 1.20. The maximum Gasteiger partial charge on any atom is 2.00 e. The van der Waals surface area contributed by atoms with Crippen LogP contribution in [0.1, 0.15) is 27.2 Å².